The van der Waals surface area contributed by atoms with Crippen molar-refractivity contribution >= 4 is 11.8 Å². The molecule has 6 nitrogen and oxygen atoms in total. The quantitative estimate of drug-likeness (QED) is 0.766. The number of carbonyl (C=O) groups is 1. The molecular weight excluding hydrogens is 246 g/mol. The van der Waals surface area contributed by atoms with Crippen LogP contribution >= 0.6 is 0 Å². The number of nitrogens with zero attached hydrogens (tertiary/aromatic N) is 2. The van der Waals surface area contributed by atoms with Crippen molar-refractivity contribution < 1.29 is 14.4 Å². The first-order chi connectivity index (χ1) is 8.86. The smallest absolute Gasteiger partial charge is 0.410 e. The van der Waals surface area contributed by atoms with Crippen LogP contribution < -0.4 is 5.32 Å². The highest BCUT2D eigenvalue weighted by Crippen LogP contribution is 2.35. The Balaban J connectivity index is 1.92. The molecule has 0 saturated carbocycles. The number of nitrogens with one attached hydrogen (secondary N) is 1. The average molecular weight is 269 g/mol. The van der Waals surface area contributed by atoms with E-state index < -0.39 is 5.60 Å². The van der Waals surface area contributed by atoms with Crippen LogP contribution in [0.3, 0.4) is 0 Å². The van der Waals surface area contributed by atoms with Gasteiger partial charge in [-0.05, 0) is 27.7 Å². The van der Waals surface area contributed by atoms with E-state index in [1.807, 2.05) is 27.7 Å². The van der Waals surface area contributed by atoms with Gasteiger partial charge < -0.3 is 19.8 Å². The normalized spacial score (nSPS) is 23.6. The van der Waals surface area contributed by atoms with E-state index >= 15 is 0 Å². The highest BCUT2D eigenvalue weighted by Gasteiger charge is 2.52. The number of likely N-dealkylation sites (tertiary alicyclic amines) is 1. The molecule has 2 aliphatic heterocycles. The molecule has 2 fully saturated rings. The number of hydrogen-bond acceptors (Lipinski definition) is 5. The number of oxime groups is 1. The lowest BCUT2D eigenvalue weighted by atomic mass is 9.78. The minimum absolute atomic E-state index is 0.0495. The zero-order valence-corrected chi connectivity index (χ0v) is 12.2. The predicted molar refractivity (Wildman–Crippen MR) is 72.2 cm³/mol. The monoisotopic (exact) mass is 269 g/mol. The minimum atomic E-state index is -0.448. The molecule has 2 saturated heterocycles. The summed E-state index contributed by atoms with van der Waals surface area (Å²) in [5, 5.41) is 7.45. The Kier molecular flexibility index (Phi) is 3.71. The van der Waals surface area contributed by atoms with Crippen LogP contribution in [0.1, 0.15) is 27.7 Å². The van der Waals surface area contributed by atoms with Crippen LogP contribution in [0.2, 0.25) is 0 Å². The van der Waals surface area contributed by atoms with Crippen molar-refractivity contribution in [2.24, 2.45) is 10.6 Å². The molecule has 0 aromatic heterocycles. The summed E-state index contributed by atoms with van der Waals surface area (Å²) in [6.45, 7) is 11.0. The third-order valence-electron chi connectivity index (χ3n) is 3.31. The van der Waals surface area contributed by atoms with Crippen LogP contribution in [-0.2, 0) is 9.57 Å². The second kappa shape index (κ2) is 5.00. The number of ether oxygens (including phenoxy) is 1. The van der Waals surface area contributed by atoms with E-state index in [1.54, 1.807) is 4.90 Å². The largest absolute Gasteiger partial charge is 0.444 e. The number of hydrogen-bond donors (Lipinski definition) is 1. The van der Waals surface area contributed by atoms with Gasteiger partial charge in [-0.15, -0.1) is 0 Å². The molecule has 0 atom stereocenters. The van der Waals surface area contributed by atoms with E-state index in [0.717, 1.165) is 18.8 Å². The molecule has 1 N–H and O–H groups in total. The maximum absolute atomic E-state index is 11.9. The molecule has 1 amide bonds. The SMILES string of the molecule is CCO/N=C1\CNCC12CN(C(=O)OC(C)(C)C)C2. The molecule has 108 valence electrons. The summed E-state index contributed by atoms with van der Waals surface area (Å²) in [6.07, 6.45) is -0.249. The first-order valence-corrected chi connectivity index (χ1v) is 6.74. The summed E-state index contributed by atoms with van der Waals surface area (Å²) in [5.41, 5.74) is 0.511. The molecule has 2 rings (SSSR count). The number of carbonyl (C=O) groups excluding carboxylic acids is 1. The topological polar surface area (TPSA) is 63.2 Å². The second-order valence-electron chi connectivity index (χ2n) is 6.18. The van der Waals surface area contributed by atoms with Crippen molar-refractivity contribution in [1.82, 2.24) is 10.2 Å². The molecule has 19 heavy (non-hydrogen) atoms. The van der Waals surface area contributed by atoms with Crippen LogP contribution in [0, 0.1) is 5.41 Å². The summed E-state index contributed by atoms with van der Waals surface area (Å²) in [6, 6.07) is 0. The minimum Gasteiger partial charge on any atom is -0.444 e. The van der Waals surface area contributed by atoms with Crippen molar-refractivity contribution in [3.8, 4) is 0 Å². The van der Waals surface area contributed by atoms with Gasteiger partial charge in [-0.1, -0.05) is 5.16 Å². The highest BCUT2D eigenvalue weighted by atomic mass is 16.6. The maximum atomic E-state index is 11.9. The first kappa shape index (κ1) is 14.1. The molecule has 2 aliphatic rings. The molecular formula is C13H23N3O3. The van der Waals surface area contributed by atoms with Crippen molar-refractivity contribution in [1.29, 1.82) is 0 Å². The summed E-state index contributed by atoms with van der Waals surface area (Å²) in [5.74, 6) is 0. The zero-order chi connectivity index (χ0) is 14.1. The Morgan fingerprint density at radius 1 is 1.47 bits per heavy atom. The molecule has 1 spiro atoms. The fourth-order valence-electron chi connectivity index (χ4n) is 2.42. The van der Waals surface area contributed by atoms with Gasteiger partial charge in [0.2, 0.25) is 0 Å². The van der Waals surface area contributed by atoms with Gasteiger partial charge in [-0.2, -0.15) is 0 Å². The van der Waals surface area contributed by atoms with Gasteiger partial charge in [0.25, 0.3) is 0 Å². The number of rotatable bonds is 2. The predicted octanol–water partition coefficient (Wildman–Crippen LogP) is 1.22. The van der Waals surface area contributed by atoms with Crippen LogP contribution in [-0.4, -0.2) is 55.1 Å². The zero-order valence-electron chi connectivity index (χ0n) is 12.2. The van der Waals surface area contributed by atoms with Gasteiger partial charge in [-0.25, -0.2) is 4.79 Å². The van der Waals surface area contributed by atoms with Crippen molar-refractivity contribution in [2.75, 3.05) is 32.8 Å². The van der Waals surface area contributed by atoms with Crippen LogP contribution in [0.5, 0.6) is 0 Å². The standard InChI is InChI=1S/C13H23N3O3/c1-5-18-15-10-6-14-7-13(10)8-16(9-13)11(17)19-12(2,3)4/h14H,5-9H2,1-4H3/b15-10+. The Morgan fingerprint density at radius 2 is 2.16 bits per heavy atom. The Hall–Kier alpha value is -1.30. The van der Waals surface area contributed by atoms with E-state index in [1.165, 1.54) is 0 Å². The number of amides is 1. The Bertz CT molecular complexity index is 381. The van der Waals surface area contributed by atoms with Crippen molar-refractivity contribution in [3.63, 3.8) is 0 Å². The lowest BCUT2D eigenvalue weighted by molar-refractivity contribution is -0.0110. The van der Waals surface area contributed by atoms with Gasteiger partial charge >= 0.3 is 6.09 Å². The third kappa shape index (κ3) is 3.00. The molecule has 2 heterocycles. The maximum Gasteiger partial charge on any atom is 0.410 e. The van der Waals surface area contributed by atoms with Crippen LogP contribution in [0.15, 0.2) is 5.16 Å². The fraction of sp³-hybridized carbons (Fsp3) is 0.846. The first-order valence-electron chi connectivity index (χ1n) is 6.74. The van der Waals surface area contributed by atoms with Gasteiger partial charge in [0.05, 0.1) is 11.1 Å². The van der Waals surface area contributed by atoms with Crippen molar-refractivity contribution in [2.45, 2.75) is 33.3 Å². The molecule has 0 unspecified atom stereocenters. The molecule has 0 bridgehead atoms. The average Bonchev–Trinajstić information content (AvgIpc) is 2.65. The summed E-state index contributed by atoms with van der Waals surface area (Å²) >= 11 is 0. The summed E-state index contributed by atoms with van der Waals surface area (Å²) < 4.78 is 5.36. The van der Waals surface area contributed by atoms with E-state index in [9.17, 15) is 4.79 Å². The van der Waals surface area contributed by atoms with Gasteiger partial charge in [0, 0.05) is 26.2 Å². The molecule has 0 aliphatic carbocycles. The van der Waals surface area contributed by atoms with E-state index in [0.29, 0.717) is 19.7 Å². The van der Waals surface area contributed by atoms with Crippen LogP contribution in [0.4, 0.5) is 4.79 Å². The molecule has 0 aromatic rings. The van der Waals surface area contributed by atoms with Gasteiger partial charge in [0.15, 0.2) is 0 Å². The third-order valence-corrected chi connectivity index (χ3v) is 3.31. The molecule has 6 heteroatoms. The Labute approximate surface area is 114 Å². The van der Waals surface area contributed by atoms with Crippen LogP contribution in [0.25, 0.3) is 0 Å². The Morgan fingerprint density at radius 3 is 2.74 bits per heavy atom. The molecule has 0 aromatic carbocycles. The van der Waals surface area contributed by atoms with E-state index in [2.05, 4.69) is 10.5 Å². The highest BCUT2D eigenvalue weighted by molar-refractivity contribution is 5.96. The van der Waals surface area contributed by atoms with Crippen molar-refractivity contribution in [3.05, 3.63) is 0 Å². The summed E-state index contributed by atoms with van der Waals surface area (Å²) in [7, 11) is 0. The lowest BCUT2D eigenvalue weighted by Crippen LogP contribution is -2.63. The molecule has 0 radical (unpaired) electrons. The lowest BCUT2D eigenvalue weighted by Gasteiger charge is -2.47. The van der Waals surface area contributed by atoms with Gasteiger partial charge in [0.1, 0.15) is 12.2 Å². The fourth-order valence-corrected chi connectivity index (χ4v) is 2.42. The summed E-state index contributed by atoms with van der Waals surface area (Å²) in [4.78, 5) is 18.8. The van der Waals surface area contributed by atoms with E-state index in [-0.39, 0.29) is 11.5 Å². The van der Waals surface area contributed by atoms with E-state index in [4.69, 9.17) is 9.57 Å². The van der Waals surface area contributed by atoms with Gasteiger partial charge in [-0.3, -0.25) is 0 Å². The second-order valence-corrected chi connectivity index (χ2v) is 6.18.